The van der Waals surface area contributed by atoms with Gasteiger partial charge in [0.15, 0.2) is 0 Å². The Hall–Kier alpha value is -2.54. The molecule has 5 nitrogen and oxygen atoms in total. The van der Waals surface area contributed by atoms with Crippen LogP contribution in [0.4, 0.5) is 15.9 Å². The number of hydrogen-bond donors (Lipinski definition) is 0. The summed E-state index contributed by atoms with van der Waals surface area (Å²) in [6, 6.07) is 10.9. The summed E-state index contributed by atoms with van der Waals surface area (Å²) in [5.41, 5.74) is 3.19. The number of fused-ring (bicyclic) bond motifs is 4. The lowest BCUT2D eigenvalue weighted by Gasteiger charge is -2.31. The zero-order valence-corrected chi connectivity index (χ0v) is 14.7. The van der Waals surface area contributed by atoms with Crippen molar-refractivity contribution in [3.05, 3.63) is 58.6 Å². The maximum absolute atomic E-state index is 14.0. The van der Waals surface area contributed by atoms with E-state index in [0.717, 1.165) is 40.4 Å². The van der Waals surface area contributed by atoms with Gasteiger partial charge in [0.25, 0.3) is 5.78 Å². The molecule has 0 aliphatic carbocycles. The van der Waals surface area contributed by atoms with Crippen LogP contribution in [0.2, 0.25) is 0 Å². The van der Waals surface area contributed by atoms with Crippen LogP contribution in [0.1, 0.15) is 12.0 Å². The zero-order chi connectivity index (χ0) is 17.0. The van der Waals surface area contributed by atoms with Gasteiger partial charge in [-0.05, 0) is 48.7 Å². The van der Waals surface area contributed by atoms with Crippen molar-refractivity contribution in [1.29, 1.82) is 0 Å². The first kappa shape index (κ1) is 14.8. The smallest absolute Gasteiger partial charge is 0.257 e. The Balaban J connectivity index is 1.84. The van der Waals surface area contributed by atoms with E-state index in [9.17, 15) is 4.39 Å². The molecule has 0 spiro atoms. The van der Waals surface area contributed by atoms with E-state index in [-0.39, 0.29) is 5.82 Å². The molecule has 25 heavy (non-hydrogen) atoms. The normalized spacial score (nSPS) is 14.2. The van der Waals surface area contributed by atoms with E-state index in [1.165, 1.54) is 17.7 Å². The molecule has 3 heterocycles. The predicted octanol–water partition coefficient (Wildman–Crippen LogP) is 4.26. The molecule has 4 aromatic rings. The highest BCUT2D eigenvalue weighted by Crippen LogP contribution is 2.39. The fourth-order valence-corrected chi connectivity index (χ4v) is 4.09. The Labute approximate surface area is 151 Å². The Morgan fingerprint density at radius 1 is 1.16 bits per heavy atom. The monoisotopic (exact) mass is 397 g/mol. The predicted molar refractivity (Wildman–Crippen MR) is 97.7 cm³/mol. The molecular formula is C18H13BrFN5. The Morgan fingerprint density at radius 2 is 2.08 bits per heavy atom. The fourth-order valence-electron chi connectivity index (χ4n) is 3.54. The number of hydrogen-bond acceptors (Lipinski definition) is 4. The van der Waals surface area contributed by atoms with Gasteiger partial charge in [-0.2, -0.15) is 4.98 Å². The van der Waals surface area contributed by atoms with Crippen LogP contribution in [0, 0.1) is 5.82 Å². The molecule has 0 saturated heterocycles. The maximum atomic E-state index is 14.0. The Kier molecular flexibility index (Phi) is 3.24. The van der Waals surface area contributed by atoms with Crippen LogP contribution >= 0.6 is 15.9 Å². The highest BCUT2D eigenvalue weighted by atomic mass is 79.9. The number of halogens is 2. The molecule has 0 bridgehead atoms. The van der Waals surface area contributed by atoms with Crippen LogP contribution < -0.4 is 4.90 Å². The summed E-state index contributed by atoms with van der Waals surface area (Å²) in [7, 11) is 0. The Bertz CT molecular complexity index is 1120. The summed E-state index contributed by atoms with van der Waals surface area (Å²) >= 11 is 3.64. The van der Waals surface area contributed by atoms with E-state index in [4.69, 9.17) is 4.98 Å². The van der Waals surface area contributed by atoms with Crippen LogP contribution in [0.25, 0.3) is 16.7 Å². The molecular weight excluding hydrogens is 385 g/mol. The summed E-state index contributed by atoms with van der Waals surface area (Å²) in [5.74, 6) is 0.944. The van der Waals surface area contributed by atoms with Gasteiger partial charge in [-0.1, -0.05) is 22.0 Å². The lowest BCUT2D eigenvalue weighted by atomic mass is 10.0. The molecule has 0 saturated carbocycles. The summed E-state index contributed by atoms with van der Waals surface area (Å²) in [5, 5.41) is 8.79. The van der Waals surface area contributed by atoms with Crippen molar-refractivity contribution in [1.82, 2.24) is 19.6 Å². The number of aromatic nitrogens is 4. The molecule has 2 aromatic carbocycles. The molecule has 0 N–H and O–H groups in total. The summed E-state index contributed by atoms with van der Waals surface area (Å²) in [4.78, 5) is 6.84. The van der Waals surface area contributed by atoms with Crippen LogP contribution in [0.3, 0.4) is 0 Å². The van der Waals surface area contributed by atoms with E-state index in [0.29, 0.717) is 11.6 Å². The van der Waals surface area contributed by atoms with Gasteiger partial charge in [0, 0.05) is 22.1 Å². The first-order valence-corrected chi connectivity index (χ1v) is 8.85. The molecule has 0 unspecified atom stereocenters. The van der Waals surface area contributed by atoms with Crippen molar-refractivity contribution >= 4 is 44.1 Å². The van der Waals surface area contributed by atoms with Crippen molar-refractivity contribution in [2.45, 2.75) is 12.8 Å². The SMILES string of the molecule is Fc1ccc2c(c1)c(N1CCCc3c(Br)cccc31)nc1nncn12. The van der Waals surface area contributed by atoms with Gasteiger partial charge in [0.05, 0.1) is 5.52 Å². The van der Waals surface area contributed by atoms with Crippen molar-refractivity contribution in [3.63, 3.8) is 0 Å². The molecule has 5 rings (SSSR count). The molecule has 2 aromatic heterocycles. The molecule has 1 aliphatic rings. The van der Waals surface area contributed by atoms with E-state index in [1.54, 1.807) is 16.8 Å². The van der Waals surface area contributed by atoms with Crippen molar-refractivity contribution in [2.24, 2.45) is 0 Å². The van der Waals surface area contributed by atoms with Crippen LogP contribution in [0.15, 0.2) is 47.2 Å². The third-order valence-electron chi connectivity index (χ3n) is 4.64. The van der Waals surface area contributed by atoms with Gasteiger partial charge in [0.2, 0.25) is 0 Å². The summed E-state index contributed by atoms with van der Waals surface area (Å²) in [6.07, 6.45) is 3.62. The minimum absolute atomic E-state index is 0.283. The third kappa shape index (κ3) is 2.22. The van der Waals surface area contributed by atoms with Gasteiger partial charge in [-0.3, -0.25) is 4.40 Å². The fraction of sp³-hybridized carbons (Fsp3) is 0.167. The number of nitrogens with zero attached hydrogens (tertiary/aromatic N) is 5. The second-order valence-electron chi connectivity index (χ2n) is 6.09. The van der Waals surface area contributed by atoms with Gasteiger partial charge < -0.3 is 4.90 Å². The standard InChI is InChI=1S/C18H13BrFN5/c19-14-4-1-5-15-12(14)3-2-8-24(15)17-13-9-11(20)6-7-16(13)25-10-21-23-18(25)22-17/h1,4-7,9-10H,2-3,8H2. The van der Waals surface area contributed by atoms with Gasteiger partial charge in [-0.25, -0.2) is 4.39 Å². The molecule has 7 heteroatoms. The van der Waals surface area contributed by atoms with Crippen molar-refractivity contribution in [3.8, 4) is 0 Å². The summed E-state index contributed by atoms with van der Waals surface area (Å²) in [6.45, 7) is 0.826. The lowest BCUT2D eigenvalue weighted by molar-refractivity contribution is 0.629. The molecule has 0 atom stereocenters. The molecule has 1 aliphatic heterocycles. The number of rotatable bonds is 1. The maximum Gasteiger partial charge on any atom is 0.257 e. The molecule has 0 radical (unpaired) electrons. The topological polar surface area (TPSA) is 46.3 Å². The lowest BCUT2D eigenvalue weighted by Crippen LogP contribution is -2.26. The second-order valence-corrected chi connectivity index (χ2v) is 6.94. The highest BCUT2D eigenvalue weighted by molar-refractivity contribution is 9.10. The number of benzene rings is 2. The third-order valence-corrected chi connectivity index (χ3v) is 5.39. The van der Waals surface area contributed by atoms with Gasteiger partial charge in [-0.15, -0.1) is 10.2 Å². The minimum atomic E-state index is -0.283. The molecule has 0 amide bonds. The van der Waals surface area contributed by atoms with E-state index in [1.807, 2.05) is 6.07 Å². The average molecular weight is 398 g/mol. The van der Waals surface area contributed by atoms with E-state index >= 15 is 0 Å². The van der Waals surface area contributed by atoms with Crippen LogP contribution in [0.5, 0.6) is 0 Å². The number of anilines is 2. The zero-order valence-electron chi connectivity index (χ0n) is 13.2. The largest absolute Gasteiger partial charge is 0.325 e. The summed E-state index contributed by atoms with van der Waals surface area (Å²) < 4.78 is 16.8. The average Bonchev–Trinajstić information content (AvgIpc) is 3.09. The Morgan fingerprint density at radius 3 is 3.00 bits per heavy atom. The van der Waals surface area contributed by atoms with E-state index < -0.39 is 0 Å². The first-order chi connectivity index (χ1) is 12.2. The highest BCUT2D eigenvalue weighted by Gasteiger charge is 2.24. The van der Waals surface area contributed by atoms with Gasteiger partial charge >= 0.3 is 0 Å². The van der Waals surface area contributed by atoms with E-state index in [2.05, 4.69) is 43.2 Å². The second kappa shape index (κ2) is 5.49. The first-order valence-electron chi connectivity index (χ1n) is 8.06. The van der Waals surface area contributed by atoms with Crippen LogP contribution in [-0.4, -0.2) is 26.1 Å². The molecule has 0 fully saturated rings. The van der Waals surface area contributed by atoms with Gasteiger partial charge in [0.1, 0.15) is 18.0 Å². The van der Waals surface area contributed by atoms with Crippen LogP contribution in [-0.2, 0) is 6.42 Å². The van der Waals surface area contributed by atoms with Crippen molar-refractivity contribution < 1.29 is 4.39 Å². The van der Waals surface area contributed by atoms with Crippen molar-refractivity contribution in [2.75, 3.05) is 11.4 Å². The quantitative estimate of drug-likeness (QED) is 0.481. The molecule has 124 valence electrons. The minimum Gasteiger partial charge on any atom is -0.325 e.